The molecule has 4 rings (SSSR count). The Morgan fingerprint density at radius 1 is 1.28 bits per heavy atom. The number of hydrogen-bond donors (Lipinski definition) is 1. The fourth-order valence-electron chi connectivity index (χ4n) is 4.42. The lowest BCUT2D eigenvalue weighted by molar-refractivity contribution is -0.154. The van der Waals surface area contributed by atoms with Gasteiger partial charge in [0.1, 0.15) is 17.0 Å². The van der Waals surface area contributed by atoms with Crippen LogP contribution in [0, 0.1) is 11.3 Å². The van der Waals surface area contributed by atoms with Gasteiger partial charge in [0.25, 0.3) is 5.56 Å². The van der Waals surface area contributed by atoms with E-state index in [1.54, 1.807) is 48.0 Å². The van der Waals surface area contributed by atoms with Gasteiger partial charge in [0.15, 0.2) is 0 Å². The number of fused-ring (bicyclic) bond motifs is 1. The highest BCUT2D eigenvalue weighted by Gasteiger charge is 2.59. The van der Waals surface area contributed by atoms with Gasteiger partial charge in [0, 0.05) is 17.8 Å². The van der Waals surface area contributed by atoms with Crippen molar-refractivity contribution in [3.05, 3.63) is 64.1 Å². The molecule has 0 saturated heterocycles. The first-order chi connectivity index (χ1) is 12.0. The zero-order valence-electron chi connectivity index (χ0n) is 14.1. The van der Waals surface area contributed by atoms with E-state index in [1.807, 2.05) is 0 Å². The molecule has 2 atom stereocenters. The summed E-state index contributed by atoms with van der Waals surface area (Å²) in [5.74, 6) is 0.646. The summed E-state index contributed by atoms with van der Waals surface area (Å²) in [6, 6.07) is 11.7. The molecular weight excluding hydrogens is 316 g/mol. The zero-order chi connectivity index (χ0) is 17.7. The van der Waals surface area contributed by atoms with E-state index in [4.69, 9.17) is 4.74 Å². The fourth-order valence-corrected chi connectivity index (χ4v) is 4.42. The smallest absolute Gasteiger partial charge is 0.251 e. The second-order valence-corrected chi connectivity index (χ2v) is 7.16. The molecule has 2 unspecified atom stereocenters. The molecule has 1 N–H and O–H groups in total. The van der Waals surface area contributed by atoms with Crippen LogP contribution in [-0.4, -0.2) is 20.9 Å². The molecule has 2 aliphatic rings. The highest BCUT2D eigenvalue weighted by atomic mass is 16.5. The number of nitrogens with zero attached hydrogens (tertiary/aromatic N) is 2. The number of rotatable bonds is 1. The minimum atomic E-state index is -1.27. The third-order valence-corrected chi connectivity index (χ3v) is 5.73. The van der Waals surface area contributed by atoms with Crippen molar-refractivity contribution in [1.82, 2.24) is 4.57 Å². The first-order valence-electron chi connectivity index (χ1n) is 8.61. The topological polar surface area (TPSA) is 75.3 Å². The van der Waals surface area contributed by atoms with Crippen molar-refractivity contribution in [2.24, 2.45) is 0 Å². The van der Waals surface area contributed by atoms with Gasteiger partial charge in [0.2, 0.25) is 0 Å². The lowest BCUT2D eigenvalue weighted by Gasteiger charge is -2.51. The van der Waals surface area contributed by atoms with Gasteiger partial charge in [-0.2, -0.15) is 5.26 Å². The summed E-state index contributed by atoms with van der Waals surface area (Å²) >= 11 is 0. The minimum absolute atomic E-state index is 0.184. The van der Waals surface area contributed by atoms with Gasteiger partial charge >= 0.3 is 0 Å². The number of benzene rings is 1. The summed E-state index contributed by atoms with van der Waals surface area (Å²) < 4.78 is 7.87. The number of ether oxygens (including phenoxy) is 1. The molecule has 128 valence electrons. The van der Waals surface area contributed by atoms with Crippen LogP contribution in [0.25, 0.3) is 0 Å². The SMILES string of the molecule is CC1(O)C(n2ccccc2=O)c2cc(C#N)ccc2OC12CCCC2. The third-order valence-electron chi connectivity index (χ3n) is 5.73. The molecule has 0 radical (unpaired) electrons. The summed E-state index contributed by atoms with van der Waals surface area (Å²) in [5, 5.41) is 20.9. The van der Waals surface area contributed by atoms with Gasteiger partial charge in [-0.05, 0) is 56.9 Å². The van der Waals surface area contributed by atoms with Crippen molar-refractivity contribution in [3.8, 4) is 11.8 Å². The van der Waals surface area contributed by atoms with E-state index < -0.39 is 17.2 Å². The Bertz CT molecular complexity index is 917. The summed E-state index contributed by atoms with van der Waals surface area (Å²) in [7, 11) is 0. The highest BCUT2D eigenvalue weighted by molar-refractivity contribution is 5.48. The molecule has 1 aliphatic heterocycles. The first-order valence-corrected chi connectivity index (χ1v) is 8.61. The molecule has 1 fully saturated rings. The molecule has 1 aliphatic carbocycles. The van der Waals surface area contributed by atoms with E-state index in [-0.39, 0.29) is 5.56 Å². The average Bonchev–Trinajstić information content (AvgIpc) is 3.07. The second kappa shape index (κ2) is 5.47. The molecule has 2 aromatic rings. The molecule has 1 spiro atoms. The van der Waals surface area contributed by atoms with Crippen LogP contribution in [0.5, 0.6) is 5.75 Å². The van der Waals surface area contributed by atoms with E-state index in [1.165, 1.54) is 6.07 Å². The van der Waals surface area contributed by atoms with E-state index in [0.717, 1.165) is 25.7 Å². The van der Waals surface area contributed by atoms with E-state index >= 15 is 0 Å². The molecule has 25 heavy (non-hydrogen) atoms. The Morgan fingerprint density at radius 3 is 2.72 bits per heavy atom. The maximum Gasteiger partial charge on any atom is 0.251 e. The van der Waals surface area contributed by atoms with Crippen molar-refractivity contribution in [3.63, 3.8) is 0 Å². The second-order valence-electron chi connectivity index (χ2n) is 7.16. The molecule has 1 aromatic carbocycles. The van der Waals surface area contributed by atoms with Gasteiger partial charge in [-0.25, -0.2) is 0 Å². The standard InChI is InChI=1S/C20H20N2O3/c1-19(24)18(22-11-5-2-6-17(22)23)15-12-14(13-21)7-8-16(15)25-20(19)9-3-4-10-20/h2,5-8,11-12,18,24H,3-4,9-10H2,1H3. The minimum Gasteiger partial charge on any atom is -0.484 e. The summed E-state index contributed by atoms with van der Waals surface area (Å²) in [6.07, 6.45) is 5.16. The van der Waals surface area contributed by atoms with Gasteiger partial charge in [-0.3, -0.25) is 4.79 Å². The lowest BCUT2D eigenvalue weighted by Crippen LogP contribution is -2.62. The largest absolute Gasteiger partial charge is 0.484 e. The zero-order valence-corrected chi connectivity index (χ0v) is 14.1. The normalized spacial score (nSPS) is 26.7. The maximum atomic E-state index is 12.5. The Morgan fingerprint density at radius 2 is 2.04 bits per heavy atom. The fraction of sp³-hybridized carbons (Fsp3) is 0.400. The van der Waals surface area contributed by atoms with Crippen LogP contribution < -0.4 is 10.3 Å². The van der Waals surface area contributed by atoms with Crippen LogP contribution in [0.2, 0.25) is 0 Å². The number of hydrogen-bond acceptors (Lipinski definition) is 4. The summed E-state index contributed by atoms with van der Waals surface area (Å²) in [4.78, 5) is 12.5. The number of pyridine rings is 1. The van der Waals surface area contributed by atoms with Crippen molar-refractivity contribution in [1.29, 1.82) is 5.26 Å². The van der Waals surface area contributed by atoms with Crippen molar-refractivity contribution >= 4 is 0 Å². The lowest BCUT2D eigenvalue weighted by atomic mass is 9.72. The Kier molecular flexibility index (Phi) is 3.48. The predicted octanol–water partition coefficient (Wildman–Crippen LogP) is 2.77. The monoisotopic (exact) mass is 336 g/mol. The molecule has 5 nitrogen and oxygen atoms in total. The number of nitriles is 1. The van der Waals surface area contributed by atoms with Crippen LogP contribution in [-0.2, 0) is 0 Å². The molecular formula is C20H20N2O3. The Hall–Kier alpha value is -2.58. The van der Waals surface area contributed by atoms with E-state index in [2.05, 4.69) is 6.07 Å². The molecule has 0 bridgehead atoms. The van der Waals surface area contributed by atoms with Crippen LogP contribution in [0.1, 0.15) is 49.8 Å². The molecule has 1 saturated carbocycles. The summed E-state index contributed by atoms with van der Waals surface area (Å²) in [6.45, 7) is 1.75. The molecule has 1 aromatic heterocycles. The van der Waals surface area contributed by atoms with Crippen molar-refractivity contribution in [2.45, 2.75) is 49.9 Å². The number of aliphatic hydroxyl groups is 1. The predicted molar refractivity (Wildman–Crippen MR) is 92.4 cm³/mol. The van der Waals surface area contributed by atoms with Gasteiger partial charge in [0.05, 0.1) is 17.7 Å². The van der Waals surface area contributed by atoms with E-state index in [0.29, 0.717) is 16.9 Å². The average molecular weight is 336 g/mol. The van der Waals surface area contributed by atoms with E-state index in [9.17, 15) is 15.2 Å². The van der Waals surface area contributed by atoms with Gasteiger partial charge in [-0.15, -0.1) is 0 Å². The van der Waals surface area contributed by atoms with Crippen LogP contribution in [0.3, 0.4) is 0 Å². The number of aromatic nitrogens is 1. The summed E-state index contributed by atoms with van der Waals surface area (Å²) in [5.41, 5.74) is -1.01. The quantitative estimate of drug-likeness (QED) is 0.869. The van der Waals surface area contributed by atoms with Crippen molar-refractivity contribution < 1.29 is 9.84 Å². The molecule has 5 heteroatoms. The maximum absolute atomic E-state index is 12.5. The molecule has 2 heterocycles. The first kappa shape index (κ1) is 15.9. The van der Waals surface area contributed by atoms with Gasteiger partial charge in [-0.1, -0.05) is 6.07 Å². The Labute approximate surface area is 146 Å². The van der Waals surface area contributed by atoms with Gasteiger partial charge < -0.3 is 14.4 Å². The van der Waals surface area contributed by atoms with Crippen LogP contribution in [0.15, 0.2) is 47.4 Å². The van der Waals surface area contributed by atoms with Crippen LogP contribution >= 0.6 is 0 Å². The highest BCUT2D eigenvalue weighted by Crippen LogP contribution is 2.54. The third kappa shape index (κ3) is 2.21. The van der Waals surface area contributed by atoms with Crippen molar-refractivity contribution in [2.75, 3.05) is 0 Å². The Balaban J connectivity index is 2.00. The molecule has 0 amide bonds. The van der Waals surface area contributed by atoms with Crippen LogP contribution in [0.4, 0.5) is 0 Å².